The number of carbonyl (C=O) groups excluding carboxylic acids is 3. The van der Waals surface area contributed by atoms with Crippen LogP contribution in [0.5, 0.6) is 0 Å². The van der Waals surface area contributed by atoms with Gasteiger partial charge >= 0.3 is 11.9 Å². The summed E-state index contributed by atoms with van der Waals surface area (Å²) in [7, 11) is 0. The van der Waals surface area contributed by atoms with E-state index in [1.54, 1.807) is 38.2 Å². The molecular weight excluding hydrogens is 512 g/mol. The molecule has 8 atom stereocenters. The Balaban J connectivity index is 1.76. The summed E-state index contributed by atoms with van der Waals surface area (Å²) in [6, 6.07) is 0. The molecule has 220 valence electrons. The van der Waals surface area contributed by atoms with Crippen LogP contribution in [0.1, 0.15) is 73.6 Å². The van der Waals surface area contributed by atoms with Crippen LogP contribution in [0.3, 0.4) is 0 Å². The summed E-state index contributed by atoms with van der Waals surface area (Å²) in [6.45, 7) is 10.2. The molecule has 2 saturated carbocycles. The highest BCUT2D eigenvalue weighted by atomic mass is 16.6. The Morgan fingerprint density at radius 3 is 2.48 bits per heavy atom. The van der Waals surface area contributed by atoms with E-state index in [0.29, 0.717) is 11.1 Å². The number of hydrogen-bond donors (Lipinski definition) is 3. The molecular formula is C32H44O8. The molecule has 0 heterocycles. The van der Waals surface area contributed by atoms with Crippen LogP contribution in [0.15, 0.2) is 47.6 Å². The SMILES string of the molecule is CCCCC/C=C/C=C/C(=O)O[C@@H]1[C@@H](C)[C@@]2(O)[C@@H](C=C(CO)C[C@]3(O)C(=O)C(C)=C[C@@H]23)[C@@H]2C(C)(C)[C@]12OC(C)=O. The zero-order chi connectivity index (χ0) is 29.7. The van der Waals surface area contributed by atoms with Gasteiger partial charge in [-0.15, -0.1) is 0 Å². The topological polar surface area (TPSA) is 130 Å². The molecule has 0 aromatic heterocycles. The van der Waals surface area contributed by atoms with Crippen molar-refractivity contribution in [1.82, 2.24) is 0 Å². The summed E-state index contributed by atoms with van der Waals surface area (Å²) in [6.07, 6.45) is 13.1. The lowest BCUT2D eigenvalue weighted by Gasteiger charge is -2.53. The van der Waals surface area contributed by atoms with E-state index in [9.17, 15) is 29.7 Å². The molecule has 0 aromatic rings. The molecule has 0 bridgehead atoms. The third kappa shape index (κ3) is 4.43. The maximum atomic E-state index is 13.2. The lowest BCUT2D eigenvalue weighted by Crippen LogP contribution is -2.66. The maximum Gasteiger partial charge on any atom is 0.331 e. The van der Waals surface area contributed by atoms with Crippen molar-refractivity contribution >= 4 is 17.7 Å². The van der Waals surface area contributed by atoms with Crippen molar-refractivity contribution in [2.45, 2.75) is 96.6 Å². The van der Waals surface area contributed by atoms with Gasteiger partial charge in [0.1, 0.15) is 11.7 Å². The van der Waals surface area contributed by atoms with Crippen LogP contribution in [0.25, 0.3) is 0 Å². The Morgan fingerprint density at radius 1 is 1.15 bits per heavy atom. The lowest BCUT2D eigenvalue weighted by atomic mass is 9.59. The van der Waals surface area contributed by atoms with Gasteiger partial charge < -0.3 is 24.8 Å². The molecule has 0 aliphatic heterocycles. The van der Waals surface area contributed by atoms with Gasteiger partial charge in [0.15, 0.2) is 11.4 Å². The second-order valence-electron chi connectivity index (χ2n) is 12.7. The fourth-order valence-corrected chi connectivity index (χ4v) is 8.05. The van der Waals surface area contributed by atoms with E-state index in [1.807, 2.05) is 19.9 Å². The fraction of sp³-hybridized carbons (Fsp3) is 0.656. The molecule has 0 amide bonds. The first-order chi connectivity index (χ1) is 18.7. The van der Waals surface area contributed by atoms with Crippen molar-refractivity contribution in [3.8, 4) is 0 Å². The van der Waals surface area contributed by atoms with Crippen molar-refractivity contribution in [3.63, 3.8) is 0 Å². The van der Waals surface area contributed by atoms with Gasteiger partial charge in [-0.1, -0.05) is 70.9 Å². The van der Waals surface area contributed by atoms with Gasteiger partial charge in [0.2, 0.25) is 0 Å². The predicted molar refractivity (Wildman–Crippen MR) is 149 cm³/mol. The largest absolute Gasteiger partial charge is 0.455 e. The van der Waals surface area contributed by atoms with E-state index in [4.69, 9.17) is 9.47 Å². The Hall–Kier alpha value is -2.55. The van der Waals surface area contributed by atoms with Gasteiger partial charge in [-0.05, 0) is 30.9 Å². The van der Waals surface area contributed by atoms with Gasteiger partial charge in [0, 0.05) is 48.5 Å². The van der Waals surface area contributed by atoms with E-state index in [1.165, 1.54) is 13.0 Å². The number of aliphatic hydroxyl groups excluding tert-OH is 1. The zero-order valence-corrected chi connectivity index (χ0v) is 24.5. The standard InChI is InChI=1S/C32H44O8/c1-7-8-9-10-11-12-13-14-25(35)39-28-20(3)31(38)23(26-29(5,6)32(26,28)40-21(4)34)16-22(18-33)17-30(37)24(31)15-19(2)27(30)36/h11-16,20,23-24,26,28,33,37-38H,7-10,17-18H2,1-6H3/b12-11+,14-13+/t20-,23+,24-,26-,28-,30-,31-,32-/m1/s1. The van der Waals surface area contributed by atoms with E-state index in [2.05, 4.69) is 6.92 Å². The highest BCUT2D eigenvalue weighted by Gasteiger charge is 2.87. The van der Waals surface area contributed by atoms with Crippen LogP contribution >= 0.6 is 0 Å². The minimum Gasteiger partial charge on any atom is -0.455 e. The van der Waals surface area contributed by atoms with Crippen LogP contribution in [0, 0.1) is 29.1 Å². The number of aliphatic hydroxyl groups is 3. The van der Waals surface area contributed by atoms with Crippen LogP contribution in [-0.2, 0) is 23.9 Å². The number of unbranched alkanes of at least 4 members (excludes halogenated alkanes) is 3. The van der Waals surface area contributed by atoms with Crippen molar-refractivity contribution in [2.24, 2.45) is 29.1 Å². The fourth-order valence-electron chi connectivity index (χ4n) is 8.05. The van der Waals surface area contributed by atoms with Gasteiger partial charge in [0.05, 0.1) is 12.2 Å². The predicted octanol–water partition coefficient (Wildman–Crippen LogP) is 3.74. The number of Topliss-reactive ketones (excluding diaryl/α,β-unsaturated/α-hetero) is 1. The van der Waals surface area contributed by atoms with Crippen LogP contribution in [0.4, 0.5) is 0 Å². The Bertz CT molecular complexity index is 1180. The first kappa shape index (κ1) is 30.4. The Morgan fingerprint density at radius 2 is 1.85 bits per heavy atom. The molecule has 0 aromatic carbocycles. The van der Waals surface area contributed by atoms with Crippen LogP contribution < -0.4 is 0 Å². The van der Waals surface area contributed by atoms with Crippen molar-refractivity contribution in [1.29, 1.82) is 0 Å². The molecule has 0 unspecified atom stereocenters. The number of fused-ring (bicyclic) bond motifs is 5. The molecule has 0 radical (unpaired) electrons. The molecule has 3 N–H and O–H groups in total. The minimum atomic E-state index is -1.95. The highest BCUT2D eigenvalue weighted by Crippen LogP contribution is 2.77. The molecule has 40 heavy (non-hydrogen) atoms. The average molecular weight is 557 g/mol. The summed E-state index contributed by atoms with van der Waals surface area (Å²) in [5.74, 6) is -4.73. The number of allylic oxidation sites excluding steroid dienone is 3. The number of rotatable bonds is 9. The monoisotopic (exact) mass is 556 g/mol. The van der Waals surface area contributed by atoms with Gasteiger partial charge in [0.25, 0.3) is 0 Å². The first-order valence-corrected chi connectivity index (χ1v) is 14.4. The summed E-state index contributed by atoms with van der Waals surface area (Å²) in [5.41, 5.74) is -4.89. The van der Waals surface area contributed by atoms with E-state index in [0.717, 1.165) is 25.7 Å². The number of hydrogen-bond acceptors (Lipinski definition) is 8. The molecule has 4 aliphatic rings. The Kier molecular flexibility index (Phi) is 8.13. The number of carbonyl (C=O) groups is 3. The van der Waals surface area contributed by atoms with E-state index in [-0.39, 0.29) is 6.42 Å². The number of esters is 2. The second-order valence-corrected chi connectivity index (χ2v) is 12.7. The normalized spacial score (nSPS) is 39.6. The third-order valence-corrected chi connectivity index (χ3v) is 9.97. The second kappa shape index (κ2) is 10.7. The van der Waals surface area contributed by atoms with Gasteiger partial charge in [-0.2, -0.15) is 0 Å². The van der Waals surface area contributed by atoms with Crippen molar-refractivity contribution in [3.05, 3.63) is 47.6 Å². The first-order valence-electron chi connectivity index (χ1n) is 14.4. The summed E-state index contributed by atoms with van der Waals surface area (Å²) >= 11 is 0. The number of ketones is 1. The molecule has 0 saturated heterocycles. The van der Waals surface area contributed by atoms with E-state index < -0.39 is 76.3 Å². The van der Waals surface area contributed by atoms with Crippen LogP contribution in [-0.4, -0.2) is 62.6 Å². The van der Waals surface area contributed by atoms with Gasteiger partial charge in [-0.25, -0.2) is 4.79 Å². The summed E-state index contributed by atoms with van der Waals surface area (Å²) < 4.78 is 12.0. The zero-order valence-electron chi connectivity index (χ0n) is 24.5. The smallest absolute Gasteiger partial charge is 0.331 e. The van der Waals surface area contributed by atoms with E-state index >= 15 is 0 Å². The quantitative estimate of drug-likeness (QED) is 0.129. The molecule has 2 fully saturated rings. The van der Waals surface area contributed by atoms with Crippen molar-refractivity contribution in [2.75, 3.05) is 6.61 Å². The maximum absolute atomic E-state index is 13.2. The molecule has 0 spiro atoms. The molecule has 4 rings (SSSR count). The molecule has 8 heteroatoms. The Labute approximate surface area is 236 Å². The van der Waals surface area contributed by atoms with Crippen LogP contribution in [0.2, 0.25) is 0 Å². The highest BCUT2D eigenvalue weighted by molar-refractivity contribution is 6.04. The lowest BCUT2D eigenvalue weighted by molar-refractivity contribution is -0.226. The third-order valence-electron chi connectivity index (χ3n) is 9.97. The minimum absolute atomic E-state index is 0.127. The molecule has 4 aliphatic carbocycles. The molecule has 8 nitrogen and oxygen atoms in total. The summed E-state index contributed by atoms with van der Waals surface area (Å²) in [4.78, 5) is 38.7. The number of ether oxygens (including phenoxy) is 2. The van der Waals surface area contributed by atoms with Gasteiger partial charge in [-0.3, -0.25) is 9.59 Å². The summed E-state index contributed by atoms with van der Waals surface area (Å²) in [5, 5.41) is 34.6. The van der Waals surface area contributed by atoms with Crippen molar-refractivity contribution < 1.29 is 39.2 Å². The average Bonchev–Trinajstić information content (AvgIpc) is 3.31.